The van der Waals surface area contributed by atoms with Gasteiger partial charge in [-0.05, 0) is 37.8 Å². The molecule has 0 spiro atoms. The fraction of sp³-hybridized carbons (Fsp3) is 0.333. The first-order valence-electron chi connectivity index (χ1n) is 9.78. The molecule has 1 aliphatic carbocycles. The number of esters is 1. The Bertz CT molecular complexity index is 1260. The van der Waals surface area contributed by atoms with Gasteiger partial charge in [-0.2, -0.15) is 0 Å². The maximum absolute atomic E-state index is 12.5. The number of fused-ring (bicyclic) bond motifs is 4. The van der Waals surface area contributed by atoms with Crippen molar-refractivity contribution in [2.45, 2.75) is 38.9 Å². The molecule has 154 valence electrons. The monoisotopic (exact) mass is 441 g/mol. The number of carbonyl (C=O) groups excluding carboxylic acids is 1. The lowest BCUT2D eigenvalue weighted by Gasteiger charge is -2.10. The fourth-order valence-corrected chi connectivity index (χ4v) is 5.75. The minimum absolute atomic E-state index is 0.0440. The molecule has 0 aliphatic heterocycles. The standard InChI is InChI=1S/C21H19N3O4S2/c25-19-9-13(22-21-24(19)15-6-2-4-8-17(15)30-21)10-28-20(26)12-27-11-18-23-14-5-1-3-7-16(14)29-18/h1,3,5,7,9H,2,4,6,8,10-12H2. The molecule has 9 heteroatoms. The second-order valence-electron chi connectivity index (χ2n) is 7.11. The van der Waals surface area contributed by atoms with Crippen LogP contribution in [0.5, 0.6) is 0 Å². The molecular weight excluding hydrogens is 422 g/mol. The number of hydrogen-bond acceptors (Lipinski definition) is 8. The summed E-state index contributed by atoms with van der Waals surface area (Å²) in [6.07, 6.45) is 4.16. The van der Waals surface area contributed by atoms with E-state index in [0.29, 0.717) is 10.7 Å². The van der Waals surface area contributed by atoms with Crippen LogP contribution in [0, 0.1) is 0 Å². The van der Waals surface area contributed by atoms with Crippen molar-refractivity contribution in [3.05, 3.63) is 62.0 Å². The van der Waals surface area contributed by atoms with Crippen molar-refractivity contribution in [1.29, 1.82) is 0 Å². The number of aryl methyl sites for hydroxylation is 2. The second kappa shape index (κ2) is 8.25. The van der Waals surface area contributed by atoms with Gasteiger partial charge in [0, 0.05) is 16.6 Å². The number of para-hydroxylation sites is 1. The molecule has 0 fully saturated rings. The van der Waals surface area contributed by atoms with Crippen LogP contribution in [0.25, 0.3) is 15.2 Å². The van der Waals surface area contributed by atoms with Gasteiger partial charge in [0.05, 0.1) is 22.5 Å². The number of ether oxygens (including phenoxy) is 2. The molecule has 0 bridgehead atoms. The third-order valence-corrected chi connectivity index (χ3v) is 7.13. The minimum Gasteiger partial charge on any atom is -0.457 e. The van der Waals surface area contributed by atoms with Crippen molar-refractivity contribution in [1.82, 2.24) is 14.4 Å². The Morgan fingerprint density at radius 2 is 1.97 bits per heavy atom. The molecule has 1 aliphatic rings. The van der Waals surface area contributed by atoms with Gasteiger partial charge in [0.25, 0.3) is 5.56 Å². The number of rotatable bonds is 6. The van der Waals surface area contributed by atoms with E-state index in [1.54, 1.807) is 15.7 Å². The summed E-state index contributed by atoms with van der Waals surface area (Å²) >= 11 is 3.10. The number of aromatic nitrogens is 3. The molecule has 30 heavy (non-hydrogen) atoms. The van der Waals surface area contributed by atoms with Gasteiger partial charge in [0.2, 0.25) is 0 Å². The number of carbonyl (C=O) groups is 1. The molecule has 0 unspecified atom stereocenters. The Labute approximate surface area is 179 Å². The molecule has 7 nitrogen and oxygen atoms in total. The fourth-order valence-electron chi connectivity index (χ4n) is 3.62. The highest BCUT2D eigenvalue weighted by Gasteiger charge is 2.18. The van der Waals surface area contributed by atoms with E-state index in [1.807, 2.05) is 24.3 Å². The Kier molecular flexibility index (Phi) is 5.32. The Morgan fingerprint density at radius 3 is 2.87 bits per heavy atom. The number of thiazole rings is 2. The van der Waals surface area contributed by atoms with Gasteiger partial charge >= 0.3 is 5.97 Å². The normalized spacial score (nSPS) is 13.6. The summed E-state index contributed by atoms with van der Waals surface area (Å²) in [7, 11) is 0. The summed E-state index contributed by atoms with van der Waals surface area (Å²) in [5.41, 5.74) is 2.35. The number of hydrogen-bond donors (Lipinski definition) is 0. The van der Waals surface area contributed by atoms with Crippen LogP contribution < -0.4 is 5.56 Å². The molecule has 0 saturated carbocycles. The van der Waals surface area contributed by atoms with Gasteiger partial charge in [-0.3, -0.25) is 9.20 Å². The molecule has 0 atom stereocenters. The van der Waals surface area contributed by atoms with Gasteiger partial charge in [-0.25, -0.2) is 14.8 Å². The lowest BCUT2D eigenvalue weighted by Crippen LogP contribution is -2.19. The molecular formula is C21H19N3O4S2. The Morgan fingerprint density at radius 1 is 1.10 bits per heavy atom. The van der Waals surface area contributed by atoms with Crippen LogP contribution in [0.3, 0.4) is 0 Å². The molecule has 5 rings (SSSR count). The average molecular weight is 442 g/mol. The molecule has 0 saturated heterocycles. The summed E-state index contributed by atoms with van der Waals surface area (Å²) in [6, 6.07) is 9.29. The van der Waals surface area contributed by atoms with Crippen LogP contribution in [-0.2, 0) is 40.3 Å². The number of nitrogens with zero attached hydrogens (tertiary/aromatic N) is 3. The van der Waals surface area contributed by atoms with Crippen LogP contribution >= 0.6 is 22.7 Å². The zero-order chi connectivity index (χ0) is 20.5. The summed E-state index contributed by atoms with van der Waals surface area (Å²) < 4.78 is 13.5. The first-order chi connectivity index (χ1) is 14.7. The molecule has 0 amide bonds. The van der Waals surface area contributed by atoms with Crippen LogP contribution in [0.4, 0.5) is 0 Å². The highest BCUT2D eigenvalue weighted by Crippen LogP contribution is 2.28. The maximum Gasteiger partial charge on any atom is 0.332 e. The Hall–Kier alpha value is -2.62. The second-order valence-corrected chi connectivity index (χ2v) is 9.29. The molecule has 3 aromatic heterocycles. The molecule has 0 N–H and O–H groups in total. The Balaban J connectivity index is 1.18. The molecule has 4 aromatic rings. The van der Waals surface area contributed by atoms with Crippen LogP contribution in [-0.4, -0.2) is 26.9 Å². The largest absolute Gasteiger partial charge is 0.457 e. The summed E-state index contributed by atoms with van der Waals surface area (Å²) in [5.74, 6) is -0.497. The van der Waals surface area contributed by atoms with Crippen molar-refractivity contribution >= 4 is 43.8 Å². The van der Waals surface area contributed by atoms with Crippen LogP contribution in [0.2, 0.25) is 0 Å². The summed E-state index contributed by atoms with van der Waals surface area (Å²) in [5, 5.41) is 0.811. The van der Waals surface area contributed by atoms with E-state index in [0.717, 1.165) is 46.6 Å². The predicted octanol–water partition coefficient (Wildman–Crippen LogP) is 3.50. The predicted molar refractivity (Wildman–Crippen MR) is 115 cm³/mol. The summed E-state index contributed by atoms with van der Waals surface area (Å²) in [4.78, 5) is 35.5. The van der Waals surface area contributed by atoms with E-state index in [9.17, 15) is 9.59 Å². The van der Waals surface area contributed by atoms with E-state index in [4.69, 9.17) is 9.47 Å². The SMILES string of the molecule is O=C(COCc1nc2ccccc2s1)OCc1cc(=O)n2c3c(sc2n1)CCCC3. The van der Waals surface area contributed by atoms with E-state index in [-0.39, 0.29) is 25.4 Å². The van der Waals surface area contributed by atoms with Crippen LogP contribution in [0.15, 0.2) is 35.1 Å². The van der Waals surface area contributed by atoms with Gasteiger partial charge in [0.1, 0.15) is 18.2 Å². The van der Waals surface area contributed by atoms with Crippen molar-refractivity contribution in [2.24, 2.45) is 0 Å². The van der Waals surface area contributed by atoms with Gasteiger partial charge in [0.15, 0.2) is 4.96 Å². The molecule has 1 aromatic carbocycles. The average Bonchev–Trinajstić information content (AvgIpc) is 3.33. The van der Waals surface area contributed by atoms with Gasteiger partial charge < -0.3 is 9.47 Å². The topological polar surface area (TPSA) is 82.8 Å². The molecule has 0 radical (unpaired) electrons. The zero-order valence-corrected chi connectivity index (χ0v) is 17.8. The highest BCUT2D eigenvalue weighted by molar-refractivity contribution is 7.18. The van der Waals surface area contributed by atoms with E-state index < -0.39 is 5.97 Å². The minimum atomic E-state index is -0.497. The number of benzene rings is 1. The molecule has 3 heterocycles. The first-order valence-corrected chi connectivity index (χ1v) is 11.4. The van der Waals surface area contributed by atoms with Crippen LogP contribution in [0.1, 0.15) is 34.1 Å². The lowest BCUT2D eigenvalue weighted by molar-refractivity contribution is -0.150. The third kappa shape index (κ3) is 3.88. The summed E-state index contributed by atoms with van der Waals surface area (Å²) in [6.45, 7) is 0.0306. The van der Waals surface area contributed by atoms with E-state index in [1.165, 1.54) is 22.3 Å². The highest BCUT2D eigenvalue weighted by atomic mass is 32.1. The van der Waals surface area contributed by atoms with Crippen molar-refractivity contribution in [2.75, 3.05) is 6.61 Å². The van der Waals surface area contributed by atoms with E-state index >= 15 is 0 Å². The van der Waals surface area contributed by atoms with E-state index in [2.05, 4.69) is 9.97 Å². The smallest absolute Gasteiger partial charge is 0.332 e. The van der Waals surface area contributed by atoms with Crippen molar-refractivity contribution in [3.63, 3.8) is 0 Å². The lowest BCUT2D eigenvalue weighted by atomic mass is 10.0. The third-order valence-electron chi connectivity index (χ3n) is 4.98. The first kappa shape index (κ1) is 19.3. The quantitative estimate of drug-likeness (QED) is 0.426. The van der Waals surface area contributed by atoms with Gasteiger partial charge in [-0.1, -0.05) is 12.1 Å². The maximum atomic E-state index is 12.5. The van der Waals surface area contributed by atoms with Crippen molar-refractivity contribution in [3.8, 4) is 0 Å². The van der Waals surface area contributed by atoms with Crippen molar-refractivity contribution < 1.29 is 14.3 Å². The van der Waals surface area contributed by atoms with Gasteiger partial charge in [-0.15, -0.1) is 22.7 Å². The zero-order valence-electron chi connectivity index (χ0n) is 16.1.